The molecule has 1 aliphatic rings. The fourth-order valence-corrected chi connectivity index (χ4v) is 2.92. The number of anilines is 1. The molecule has 1 N–H and O–H groups in total. The van der Waals surface area contributed by atoms with E-state index in [2.05, 4.69) is 5.53 Å². The third-order valence-corrected chi connectivity index (χ3v) is 4.51. The number of halogens is 3. The molecule has 0 unspecified atom stereocenters. The van der Waals surface area contributed by atoms with Gasteiger partial charge in [0.15, 0.2) is 0 Å². The number of rotatable bonds is 6. The molecule has 10 nitrogen and oxygen atoms in total. The summed E-state index contributed by atoms with van der Waals surface area (Å²) < 4.78 is 39.6. The highest BCUT2D eigenvalue weighted by Gasteiger charge is 2.43. The Labute approximate surface area is 170 Å². The predicted molar refractivity (Wildman–Crippen MR) is 103 cm³/mol. The highest BCUT2D eigenvalue weighted by atomic mass is 19.4. The third-order valence-electron chi connectivity index (χ3n) is 4.51. The van der Waals surface area contributed by atoms with E-state index in [0.717, 1.165) is 5.01 Å². The van der Waals surface area contributed by atoms with Crippen LogP contribution < -0.4 is 10.5 Å². The first-order valence-corrected chi connectivity index (χ1v) is 9.08. The minimum absolute atomic E-state index is 0.309. The summed E-state index contributed by atoms with van der Waals surface area (Å²) in [5, 5.41) is 25.9. The van der Waals surface area contributed by atoms with E-state index in [0.29, 0.717) is 31.0 Å². The molecular weight excluding hydrogens is 409 g/mol. The maximum Gasteiger partial charge on any atom is 0.416 e. The number of nitro benzene ring substituents is 2. The largest absolute Gasteiger partial charge is 0.416 e. The molecule has 1 aliphatic heterocycles. The zero-order valence-corrected chi connectivity index (χ0v) is 17.1. The molecule has 0 saturated heterocycles. The van der Waals surface area contributed by atoms with Gasteiger partial charge >= 0.3 is 17.6 Å². The summed E-state index contributed by atoms with van der Waals surface area (Å²) in [6, 6.07) is 0.618. The number of nitrogens with one attached hydrogen (secondary N) is 1. The monoisotopic (exact) mass is 432 g/mol. The molecule has 1 aromatic carbocycles. The lowest BCUT2D eigenvalue weighted by atomic mass is 10.1. The lowest BCUT2D eigenvalue weighted by Gasteiger charge is -2.34. The smallest absolute Gasteiger partial charge is 0.356 e. The minimum Gasteiger partial charge on any atom is -0.356 e. The first-order valence-electron chi connectivity index (χ1n) is 9.08. The van der Waals surface area contributed by atoms with Gasteiger partial charge in [-0.25, -0.2) is 5.01 Å². The fraction of sp³-hybridized carbons (Fsp3) is 0.529. The van der Waals surface area contributed by atoms with Crippen LogP contribution in [0, 0.1) is 20.2 Å². The summed E-state index contributed by atoms with van der Waals surface area (Å²) in [5.74, 6) is 0.334. The Bertz CT molecular complexity index is 842. The van der Waals surface area contributed by atoms with E-state index in [-0.39, 0.29) is 0 Å². The Kier molecular flexibility index (Phi) is 6.16. The van der Waals surface area contributed by atoms with Gasteiger partial charge in [0.25, 0.3) is 0 Å². The first kappa shape index (κ1) is 23.2. The van der Waals surface area contributed by atoms with Crippen molar-refractivity contribution in [2.75, 3.05) is 18.1 Å². The molecule has 166 valence electrons. The number of benzene rings is 1. The van der Waals surface area contributed by atoms with Gasteiger partial charge in [0.1, 0.15) is 5.82 Å². The topological polar surface area (TPSA) is 108 Å². The van der Waals surface area contributed by atoms with Crippen LogP contribution in [-0.2, 0) is 6.18 Å². The molecule has 0 aromatic heterocycles. The molecule has 13 heteroatoms. The number of nitro groups is 2. The first-order chi connectivity index (χ1) is 13.7. The van der Waals surface area contributed by atoms with Crippen LogP contribution in [0.25, 0.3) is 0 Å². The fourth-order valence-electron chi connectivity index (χ4n) is 2.92. The Morgan fingerprint density at radius 1 is 1.03 bits per heavy atom. The molecule has 0 radical (unpaired) electrons. The van der Waals surface area contributed by atoms with Gasteiger partial charge in [0.05, 0.1) is 21.6 Å². The van der Waals surface area contributed by atoms with Crippen molar-refractivity contribution < 1.29 is 23.0 Å². The molecule has 0 spiro atoms. The molecular formula is C17H23F3N6O4. The van der Waals surface area contributed by atoms with Gasteiger partial charge in [-0.3, -0.25) is 25.2 Å². The zero-order chi connectivity index (χ0) is 23.0. The van der Waals surface area contributed by atoms with E-state index in [4.69, 9.17) is 0 Å². The van der Waals surface area contributed by atoms with Crippen LogP contribution in [0.15, 0.2) is 24.2 Å². The SMILES string of the molecule is CCN(CC)C1=CN(C(C)(C)C)NN1c1c([N+](=O)[O-])cc(C(F)(F)F)cc1[N+](=O)[O-]. The Hall–Kier alpha value is -3.09. The molecule has 2 rings (SSSR count). The van der Waals surface area contributed by atoms with Crippen molar-refractivity contribution >= 4 is 17.1 Å². The number of hydrogen-bond acceptors (Lipinski definition) is 8. The van der Waals surface area contributed by atoms with Crippen LogP contribution in [0.2, 0.25) is 0 Å². The number of hydrazine groups is 2. The molecule has 30 heavy (non-hydrogen) atoms. The number of alkyl halides is 3. The summed E-state index contributed by atoms with van der Waals surface area (Å²) in [6.45, 7) is 10.0. The van der Waals surface area contributed by atoms with Crippen molar-refractivity contribution in [3.05, 3.63) is 49.9 Å². The van der Waals surface area contributed by atoms with E-state index in [1.165, 1.54) is 0 Å². The van der Waals surface area contributed by atoms with Crippen molar-refractivity contribution in [1.29, 1.82) is 0 Å². The van der Waals surface area contributed by atoms with E-state index in [9.17, 15) is 33.4 Å². The minimum atomic E-state index is -4.98. The van der Waals surface area contributed by atoms with Crippen LogP contribution in [0.1, 0.15) is 40.2 Å². The summed E-state index contributed by atoms with van der Waals surface area (Å²) in [6.07, 6.45) is -3.38. The van der Waals surface area contributed by atoms with Gasteiger partial charge in [-0.15, -0.1) is 5.53 Å². The quantitative estimate of drug-likeness (QED) is 0.531. The lowest BCUT2D eigenvalue weighted by Crippen LogP contribution is -2.50. The van der Waals surface area contributed by atoms with Gasteiger partial charge < -0.3 is 4.90 Å². The Morgan fingerprint density at radius 3 is 1.83 bits per heavy atom. The Balaban J connectivity index is 2.81. The van der Waals surface area contributed by atoms with Gasteiger partial charge in [-0.2, -0.15) is 13.2 Å². The molecule has 1 aromatic rings. The molecule has 0 aliphatic carbocycles. The van der Waals surface area contributed by atoms with Gasteiger partial charge in [0, 0.05) is 30.8 Å². The maximum absolute atomic E-state index is 13.2. The summed E-state index contributed by atoms with van der Waals surface area (Å²) in [4.78, 5) is 22.9. The van der Waals surface area contributed by atoms with Crippen molar-refractivity contribution in [2.45, 2.75) is 46.3 Å². The van der Waals surface area contributed by atoms with E-state index in [1.807, 2.05) is 34.6 Å². The van der Waals surface area contributed by atoms with Crippen LogP contribution in [0.5, 0.6) is 0 Å². The van der Waals surface area contributed by atoms with Crippen LogP contribution in [-0.4, -0.2) is 38.4 Å². The molecule has 0 amide bonds. The molecule has 0 saturated carbocycles. The van der Waals surface area contributed by atoms with Crippen molar-refractivity contribution in [2.24, 2.45) is 0 Å². The van der Waals surface area contributed by atoms with E-state index in [1.54, 1.807) is 16.1 Å². The molecule has 1 heterocycles. The average Bonchev–Trinajstić information content (AvgIpc) is 3.06. The molecule has 0 bridgehead atoms. The standard InChI is InChI=1S/C17H23F3N6O4/c1-6-22(7-2)14-10-23(16(3,4)5)21-24(14)15-12(25(27)28)8-11(17(18,19)20)9-13(15)26(29)30/h8-10,21H,6-7H2,1-5H3. The highest BCUT2D eigenvalue weighted by molar-refractivity contribution is 5.78. The molecule has 0 atom stereocenters. The second-order valence-electron chi connectivity index (χ2n) is 7.51. The summed E-state index contributed by atoms with van der Waals surface area (Å²) in [7, 11) is 0. The van der Waals surface area contributed by atoms with Crippen molar-refractivity contribution in [3.63, 3.8) is 0 Å². The Morgan fingerprint density at radius 2 is 1.50 bits per heavy atom. The van der Waals surface area contributed by atoms with Crippen LogP contribution in [0.4, 0.5) is 30.2 Å². The van der Waals surface area contributed by atoms with Gasteiger partial charge in [-0.05, 0) is 34.6 Å². The number of nitrogens with zero attached hydrogens (tertiary/aromatic N) is 5. The second-order valence-corrected chi connectivity index (χ2v) is 7.51. The van der Waals surface area contributed by atoms with Crippen LogP contribution in [0.3, 0.4) is 0 Å². The summed E-state index contributed by atoms with van der Waals surface area (Å²) in [5.41, 5.74) is -1.81. The second kappa shape index (κ2) is 7.97. The highest BCUT2D eigenvalue weighted by Crippen LogP contribution is 2.45. The normalized spacial score (nSPS) is 14.7. The summed E-state index contributed by atoms with van der Waals surface area (Å²) >= 11 is 0. The van der Waals surface area contributed by atoms with Gasteiger partial charge in [0.2, 0.25) is 5.69 Å². The van der Waals surface area contributed by atoms with Crippen molar-refractivity contribution in [3.8, 4) is 0 Å². The molecule has 0 fully saturated rings. The zero-order valence-electron chi connectivity index (χ0n) is 17.1. The average molecular weight is 432 g/mol. The predicted octanol–water partition coefficient (Wildman–Crippen LogP) is 4.00. The van der Waals surface area contributed by atoms with E-state index < -0.39 is 44.2 Å². The van der Waals surface area contributed by atoms with E-state index >= 15 is 0 Å². The van der Waals surface area contributed by atoms with Crippen molar-refractivity contribution in [1.82, 2.24) is 15.4 Å². The maximum atomic E-state index is 13.2. The lowest BCUT2D eigenvalue weighted by molar-refractivity contribution is -0.393. The third kappa shape index (κ3) is 4.40. The van der Waals surface area contributed by atoms with Gasteiger partial charge in [-0.1, -0.05) is 0 Å². The van der Waals surface area contributed by atoms with Crippen LogP contribution >= 0.6 is 0 Å². The number of hydrogen-bond donors (Lipinski definition) is 1.